The van der Waals surface area contributed by atoms with Crippen molar-refractivity contribution in [1.82, 2.24) is 34.6 Å². The van der Waals surface area contributed by atoms with E-state index in [9.17, 15) is 0 Å². The summed E-state index contributed by atoms with van der Waals surface area (Å²) >= 11 is 0. The van der Waals surface area contributed by atoms with Gasteiger partial charge < -0.3 is 15.6 Å². The van der Waals surface area contributed by atoms with Crippen LogP contribution in [0, 0.1) is 6.92 Å². The molecule has 0 saturated carbocycles. The maximum atomic E-state index is 5.68. The lowest BCUT2D eigenvalue weighted by Crippen LogP contribution is -2.13. The highest BCUT2D eigenvalue weighted by Crippen LogP contribution is 2.07. The Labute approximate surface area is 119 Å². The zero-order valence-corrected chi connectivity index (χ0v) is 11.3. The van der Waals surface area contributed by atoms with E-state index in [2.05, 4.69) is 35.4 Å². The quantitative estimate of drug-likeness (QED) is 0.664. The molecular weight excluding hydrogens is 274 g/mol. The van der Waals surface area contributed by atoms with Crippen LogP contribution in [0.3, 0.4) is 0 Å². The third-order valence-electron chi connectivity index (χ3n) is 2.58. The predicted molar refractivity (Wildman–Crippen MR) is 72.6 cm³/mol. The van der Waals surface area contributed by atoms with E-state index in [-0.39, 0.29) is 5.95 Å². The van der Waals surface area contributed by atoms with E-state index in [0.29, 0.717) is 36.6 Å². The smallest absolute Gasteiger partial charge is 0.241 e. The molecule has 0 aliphatic carbocycles. The monoisotopic (exact) mass is 287 g/mol. The van der Waals surface area contributed by atoms with E-state index in [4.69, 9.17) is 10.3 Å². The van der Waals surface area contributed by atoms with Crippen molar-refractivity contribution < 1.29 is 4.52 Å². The van der Waals surface area contributed by atoms with E-state index in [0.717, 1.165) is 0 Å². The molecule has 10 nitrogen and oxygen atoms in total. The fourth-order valence-corrected chi connectivity index (χ4v) is 1.68. The second kappa shape index (κ2) is 5.53. The minimum atomic E-state index is 0.131. The van der Waals surface area contributed by atoms with Crippen molar-refractivity contribution >= 4 is 11.9 Å². The van der Waals surface area contributed by atoms with Crippen LogP contribution in [-0.2, 0) is 6.42 Å². The van der Waals surface area contributed by atoms with Crippen LogP contribution in [0.5, 0.6) is 0 Å². The number of aryl methyl sites for hydroxylation is 1. The van der Waals surface area contributed by atoms with Crippen molar-refractivity contribution in [3.8, 4) is 5.95 Å². The fraction of sp³-hybridized carbons (Fsp3) is 0.273. The minimum absolute atomic E-state index is 0.131. The van der Waals surface area contributed by atoms with Crippen LogP contribution in [0.2, 0.25) is 0 Å². The van der Waals surface area contributed by atoms with Gasteiger partial charge >= 0.3 is 0 Å². The Bertz CT molecular complexity index is 721. The van der Waals surface area contributed by atoms with Crippen LogP contribution in [-0.4, -0.2) is 41.2 Å². The molecule has 0 amide bonds. The van der Waals surface area contributed by atoms with E-state index >= 15 is 0 Å². The average Bonchev–Trinajstić information content (AvgIpc) is 3.10. The lowest BCUT2D eigenvalue weighted by Gasteiger charge is -2.06. The van der Waals surface area contributed by atoms with Gasteiger partial charge in [-0.1, -0.05) is 5.16 Å². The summed E-state index contributed by atoms with van der Waals surface area (Å²) in [4.78, 5) is 20.4. The summed E-state index contributed by atoms with van der Waals surface area (Å²) in [6.07, 6.45) is 5.52. The second-order valence-corrected chi connectivity index (χ2v) is 4.19. The van der Waals surface area contributed by atoms with Crippen LogP contribution in [0.4, 0.5) is 11.9 Å². The minimum Gasteiger partial charge on any atom is -0.368 e. The molecule has 3 heterocycles. The average molecular weight is 287 g/mol. The van der Waals surface area contributed by atoms with Gasteiger partial charge in [-0.05, 0) is 0 Å². The molecule has 0 unspecified atom stereocenters. The topological polar surface area (TPSA) is 133 Å². The molecule has 0 atom stereocenters. The summed E-state index contributed by atoms with van der Waals surface area (Å²) in [7, 11) is 0. The highest BCUT2D eigenvalue weighted by Gasteiger charge is 2.07. The third kappa shape index (κ3) is 3.11. The van der Waals surface area contributed by atoms with Crippen molar-refractivity contribution in [2.75, 3.05) is 17.6 Å². The van der Waals surface area contributed by atoms with E-state index < -0.39 is 0 Å². The standard InChI is InChI=1S/C11H13N9O/c1-7-15-8(19-21-7)2-3-14-10-16-9(12)17-11(18-10)20-5-4-13-6-20/h4-6H,2-3H2,1H3,(H3,12,14,16,17,18). The lowest BCUT2D eigenvalue weighted by molar-refractivity contribution is 0.387. The second-order valence-electron chi connectivity index (χ2n) is 4.19. The molecule has 0 radical (unpaired) electrons. The highest BCUT2D eigenvalue weighted by molar-refractivity contribution is 5.35. The number of aromatic nitrogens is 7. The van der Waals surface area contributed by atoms with E-state index in [1.807, 2.05) is 0 Å². The van der Waals surface area contributed by atoms with E-state index in [1.165, 1.54) is 0 Å². The van der Waals surface area contributed by atoms with Gasteiger partial charge in [-0.25, -0.2) is 4.98 Å². The molecule has 0 aliphatic heterocycles. The number of hydrogen-bond donors (Lipinski definition) is 2. The first-order valence-corrected chi connectivity index (χ1v) is 6.23. The first-order chi connectivity index (χ1) is 10.2. The van der Waals surface area contributed by atoms with Crippen molar-refractivity contribution in [3.63, 3.8) is 0 Å². The van der Waals surface area contributed by atoms with E-state index in [1.54, 1.807) is 30.2 Å². The number of nitrogens with zero attached hydrogens (tertiary/aromatic N) is 7. The first-order valence-electron chi connectivity index (χ1n) is 6.23. The largest absolute Gasteiger partial charge is 0.368 e. The molecule has 0 aliphatic rings. The van der Waals surface area contributed by atoms with Gasteiger partial charge in [-0.3, -0.25) is 4.57 Å². The van der Waals surface area contributed by atoms with Crippen LogP contribution >= 0.6 is 0 Å². The number of hydrogen-bond acceptors (Lipinski definition) is 9. The molecule has 0 saturated heterocycles. The number of anilines is 2. The molecule has 108 valence electrons. The van der Waals surface area contributed by atoms with Gasteiger partial charge in [0, 0.05) is 32.3 Å². The molecule has 3 aromatic heterocycles. The highest BCUT2D eigenvalue weighted by atomic mass is 16.5. The van der Waals surface area contributed by atoms with Crippen molar-refractivity contribution in [2.45, 2.75) is 13.3 Å². The summed E-state index contributed by atoms with van der Waals surface area (Å²) in [5.74, 6) is 2.07. The molecule has 0 spiro atoms. The maximum Gasteiger partial charge on any atom is 0.241 e. The zero-order valence-electron chi connectivity index (χ0n) is 11.3. The molecule has 0 aromatic carbocycles. The van der Waals surface area contributed by atoms with Crippen LogP contribution < -0.4 is 11.1 Å². The molecule has 10 heteroatoms. The van der Waals surface area contributed by atoms with Gasteiger partial charge in [0.1, 0.15) is 6.33 Å². The summed E-state index contributed by atoms with van der Waals surface area (Å²) in [5.41, 5.74) is 5.68. The Morgan fingerprint density at radius 1 is 1.29 bits per heavy atom. The SMILES string of the molecule is Cc1nc(CCNc2nc(N)nc(-n3ccnc3)n2)no1. The molecule has 3 rings (SSSR count). The van der Waals surface area contributed by atoms with Crippen molar-refractivity contribution in [2.24, 2.45) is 0 Å². The van der Waals surface area contributed by atoms with Gasteiger partial charge in [-0.15, -0.1) is 0 Å². The van der Waals surface area contributed by atoms with Gasteiger partial charge in [0.15, 0.2) is 5.82 Å². The lowest BCUT2D eigenvalue weighted by atomic mass is 10.4. The Hall–Kier alpha value is -3.04. The Morgan fingerprint density at radius 3 is 2.90 bits per heavy atom. The van der Waals surface area contributed by atoms with Crippen LogP contribution in [0.15, 0.2) is 23.2 Å². The summed E-state index contributed by atoms with van der Waals surface area (Å²) < 4.78 is 6.54. The molecule has 3 N–H and O–H groups in total. The van der Waals surface area contributed by atoms with Gasteiger partial charge in [0.05, 0.1) is 0 Å². The number of imidazole rings is 1. The molecule has 0 bridgehead atoms. The Balaban J connectivity index is 1.68. The first kappa shape index (κ1) is 13.0. The van der Waals surface area contributed by atoms with Crippen LogP contribution in [0.25, 0.3) is 5.95 Å². The normalized spacial score (nSPS) is 10.7. The summed E-state index contributed by atoms with van der Waals surface area (Å²) in [6.45, 7) is 2.29. The van der Waals surface area contributed by atoms with Gasteiger partial charge in [0.2, 0.25) is 23.7 Å². The maximum absolute atomic E-state index is 5.68. The number of rotatable bonds is 5. The predicted octanol–water partition coefficient (Wildman–Crippen LogP) is -0.0145. The molecule has 0 fully saturated rings. The summed E-state index contributed by atoms with van der Waals surface area (Å²) in [6, 6.07) is 0. The van der Waals surface area contributed by atoms with Crippen molar-refractivity contribution in [1.29, 1.82) is 0 Å². The summed E-state index contributed by atoms with van der Waals surface area (Å²) in [5, 5.41) is 6.85. The molecule has 3 aromatic rings. The van der Waals surface area contributed by atoms with Gasteiger partial charge in [0.25, 0.3) is 0 Å². The fourth-order valence-electron chi connectivity index (χ4n) is 1.68. The zero-order chi connectivity index (χ0) is 14.7. The van der Waals surface area contributed by atoms with Gasteiger partial charge in [-0.2, -0.15) is 19.9 Å². The molecular formula is C11H13N9O. The number of nitrogens with one attached hydrogen (secondary N) is 1. The van der Waals surface area contributed by atoms with Crippen molar-refractivity contribution in [3.05, 3.63) is 30.4 Å². The number of nitrogen functional groups attached to an aromatic ring is 1. The Kier molecular flexibility index (Phi) is 3.41. The van der Waals surface area contributed by atoms with Crippen LogP contribution in [0.1, 0.15) is 11.7 Å². The third-order valence-corrected chi connectivity index (χ3v) is 2.58. The Morgan fingerprint density at radius 2 is 2.19 bits per heavy atom. The number of nitrogens with two attached hydrogens (primary N) is 1. The molecule has 21 heavy (non-hydrogen) atoms.